The highest BCUT2D eigenvalue weighted by Crippen LogP contribution is 2.26. The molecule has 0 bridgehead atoms. The molecule has 0 saturated carbocycles. The van der Waals surface area contributed by atoms with Crippen LogP contribution in [0.25, 0.3) is 0 Å². The van der Waals surface area contributed by atoms with E-state index in [0.29, 0.717) is 6.42 Å². The van der Waals surface area contributed by atoms with Crippen molar-refractivity contribution in [3.8, 4) is 0 Å². The maximum absolute atomic E-state index is 12.6. The first-order valence-electron chi connectivity index (χ1n) is 7.30. The number of aliphatic hydroxyl groups excluding tert-OH is 1. The van der Waals surface area contributed by atoms with Crippen LogP contribution in [-0.4, -0.2) is 17.1 Å². The Kier molecular flexibility index (Phi) is 5.75. The van der Waals surface area contributed by atoms with E-state index in [4.69, 9.17) is 0 Å². The summed E-state index contributed by atoms with van der Waals surface area (Å²) in [6.07, 6.45) is 1.42. The summed E-state index contributed by atoms with van der Waals surface area (Å²) in [7, 11) is 0. The number of hydrogen-bond acceptors (Lipinski definition) is 2. The summed E-state index contributed by atoms with van der Waals surface area (Å²) in [5, 5.41) is 9.26. The molecule has 1 aromatic rings. The van der Waals surface area contributed by atoms with E-state index in [-0.39, 0.29) is 24.0 Å². The van der Waals surface area contributed by atoms with Crippen molar-refractivity contribution in [1.82, 2.24) is 0 Å². The Morgan fingerprint density at radius 3 is 2.50 bits per heavy atom. The third kappa shape index (κ3) is 4.64. The van der Waals surface area contributed by atoms with Gasteiger partial charge in [-0.15, -0.1) is 0 Å². The molecule has 1 aromatic carbocycles. The van der Waals surface area contributed by atoms with Crippen LogP contribution in [0, 0.1) is 5.41 Å². The standard InChI is InChI=1S/C17H27NO2/c1-6-13(2)18(16(20)11-17(3,4)5)15-9-7-8-14(10-15)12-19/h7-10,13,19H,6,11-12H2,1-5H3. The number of rotatable bonds is 5. The fourth-order valence-corrected chi connectivity index (χ4v) is 2.17. The molecule has 3 nitrogen and oxygen atoms in total. The van der Waals surface area contributed by atoms with Crippen molar-refractivity contribution in [2.45, 2.75) is 60.1 Å². The highest BCUT2D eigenvalue weighted by Gasteiger charge is 2.25. The molecule has 0 aliphatic carbocycles. The molecule has 0 aliphatic rings. The summed E-state index contributed by atoms with van der Waals surface area (Å²) < 4.78 is 0. The number of carbonyl (C=O) groups is 1. The van der Waals surface area contributed by atoms with Gasteiger partial charge in [-0.3, -0.25) is 4.79 Å². The first kappa shape index (κ1) is 16.7. The third-order valence-corrected chi connectivity index (χ3v) is 3.35. The zero-order valence-electron chi connectivity index (χ0n) is 13.3. The van der Waals surface area contributed by atoms with Gasteiger partial charge in [-0.25, -0.2) is 0 Å². The summed E-state index contributed by atoms with van der Waals surface area (Å²) in [5.74, 6) is 0.141. The predicted octanol–water partition coefficient (Wildman–Crippen LogP) is 3.75. The number of carbonyl (C=O) groups excluding carboxylic acids is 1. The largest absolute Gasteiger partial charge is 0.392 e. The van der Waals surface area contributed by atoms with Crippen molar-refractivity contribution < 1.29 is 9.90 Å². The second-order valence-electron chi connectivity index (χ2n) is 6.59. The Balaban J connectivity index is 3.08. The minimum atomic E-state index is -0.0304. The Hall–Kier alpha value is -1.35. The summed E-state index contributed by atoms with van der Waals surface area (Å²) in [6, 6.07) is 7.74. The van der Waals surface area contributed by atoms with Gasteiger partial charge >= 0.3 is 0 Å². The zero-order valence-corrected chi connectivity index (χ0v) is 13.3. The maximum atomic E-state index is 12.6. The van der Waals surface area contributed by atoms with Crippen LogP contribution in [0.4, 0.5) is 5.69 Å². The number of anilines is 1. The van der Waals surface area contributed by atoms with Crippen LogP contribution in [-0.2, 0) is 11.4 Å². The van der Waals surface area contributed by atoms with Gasteiger partial charge < -0.3 is 10.0 Å². The van der Waals surface area contributed by atoms with Crippen LogP contribution in [0.2, 0.25) is 0 Å². The lowest BCUT2D eigenvalue weighted by atomic mass is 9.91. The van der Waals surface area contributed by atoms with Gasteiger partial charge in [-0.05, 0) is 36.5 Å². The SMILES string of the molecule is CCC(C)N(C(=O)CC(C)(C)C)c1cccc(CO)c1. The van der Waals surface area contributed by atoms with E-state index in [1.807, 2.05) is 29.2 Å². The molecule has 0 heterocycles. The number of aliphatic hydroxyl groups is 1. The Bertz CT molecular complexity index is 449. The fourth-order valence-electron chi connectivity index (χ4n) is 2.17. The van der Waals surface area contributed by atoms with E-state index >= 15 is 0 Å². The molecule has 0 radical (unpaired) electrons. The zero-order chi connectivity index (χ0) is 15.3. The van der Waals surface area contributed by atoms with E-state index in [1.54, 1.807) is 0 Å². The molecule has 0 fully saturated rings. The molecule has 1 amide bonds. The number of benzene rings is 1. The molecule has 3 heteroatoms. The minimum absolute atomic E-state index is 0.00432. The molecule has 1 unspecified atom stereocenters. The van der Waals surface area contributed by atoms with Gasteiger partial charge in [0, 0.05) is 18.2 Å². The molecule has 1 rings (SSSR count). The molecule has 0 spiro atoms. The van der Waals surface area contributed by atoms with Crippen LogP contribution in [0.1, 0.15) is 53.0 Å². The lowest BCUT2D eigenvalue weighted by Crippen LogP contribution is -2.40. The van der Waals surface area contributed by atoms with Crippen LogP contribution >= 0.6 is 0 Å². The highest BCUT2D eigenvalue weighted by atomic mass is 16.3. The second kappa shape index (κ2) is 6.89. The average Bonchev–Trinajstić information content (AvgIpc) is 2.36. The van der Waals surface area contributed by atoms with Crippen molar-refractivity contribution in [3.63, 3.8) is 0 Å². The molecular formula is C17H27NO2. The second-order valence-corrected chi connectivity index (χ2v) is 6.59. The van der Waals surface area contributed by atoms with E-state index in [0.717, 1.165) is 17.7 Å². The van der Waals surface area contributed by atoms with Crippen LogP contribution in [0.5, 0.6) is 0 Å². The predicted molar refractivity (Wildman–Crippen MR) is 83.7 cm³/mol. The van der Waals surface area contributed by atoms with Gasteiger partial charge in [-0.2, -0.15) is 0 Å². The van der Waals surface area contributed by atoms with Gasteiger partial charge in [0.25, 0.3) is 0 Å². The van der Waals surface area contributed by atoms with Crippen molar-refractivity contribution >= 4 is 11.6 Å². The van der Waals surface area contributed by atoms with Crippen molar-refractivity contribution in [1.29, 1.82) is 0 Å². The topological polar surface area (TPSA) is 40.5 Å². The van der Waals surface area contributed by atoms with Crippen LogP contribution in [0.15, 0.2) is 24.3 Å². The molecule has 0 aliphatic heterocycles. The Morgan fingerprint density at radius 1 is 1.35 bits per heavy atom. The van der Waals surface area contributed by atoms with Crippen LogP contribution < -0.4 is 4.90 Å². The summed E-state index contributed by atoms with van der Waals surface area (Å²) in [5.41, 5.74) is 1.68. The maximum Gasteiger partial charge on any atom is 0.227 e. The fraction of sp³-hybridized carbons (Fsp3) is 0.588. The summed E-state index contributed by atoms with van der Waals surface area (Å²) >= 11 is 0. The van der Waals surface area contributed by atoms with Gasteiger partial charge in [0.15, 0.2) is 0 Å². The molecule has 112 valence electrons. The van der Waals surface area contributed by atoms with Gasteiger partial charge in [0.05, 0.1) is 6.61 Å². The number of amides is 1. The Morgan fingerprint density at radius 2 is 2.00 bits per heavy atom. The van der Waals surface area contributed by atoms with Gasteiger partial charge in [0.2, 0.25) is 5.91 Å². The van der Waals surface area contributed by atoms with Gasteiger partial charge in [0.1, 0.15) is 0 Å². The van der Waals surface area contributed by atoms with Crippen molar-refractivity contribution in [2.75, 3.05) is 4.90 Å². The lowest BCUT2D eigenvalue weighted by molar-refractivity contribution is -0.120. The number of nitrogens with zero attached hydrogens (tertiary/aromatic N) is 1. The van der Waals surface area contributed by atoms with E-state index in [9.17, 15) is 9.90 Å². The smallest absolute Gasteiger partial charge is 0.227 e. The number of hydrogen-bond donors (Lipinski definition) is 1. The molecule has 0 saturated heterocycles. The first-order valence-corrected chi connectivity index (χ1v) is 7.30. The van der Waals surface area contributed by atoms with Gasteiger partial charge in [-0.1, -0.05) is 39.8 Å². The monoisotopic (exact) mass is 277 g/mol. The summed E-state index contributed by atoms with van der Waals surface area (Å²) in [4.78, 5) is 14.5. The van der Waals surface area contributed by atoms with E-state index < -0.39 is 0 Å². The normalized spacial score (nSPS) is 13.1. The molecule has 20 heavy (non-hydrogen) atoms. The average molecular weight is 277 g/mol. The van der Waals surface area contributed by atoms with E-state index in [2.05, 4.69) is 34.6 Å². The first-order chi connectivity index (χ1) is 9.28. The van der Waals surface area contributed by atoms with Crippen molar-refractivity contribution in [3.05, 3.63) is 29.8 Å². The van der Waals surface area contributed by atoms with E-state index in [1.165, 1.54) is 0 Å². The molecule has 1 atom stereocenters. The molecule has 1 N–H and O–H groups in total. The lowest BCUT2D eigenvalue weighted by Gasteiger charge is -2.31. The van der Waals surface area contributed by atoms with Crippen LogP contribution in [0.3, 0.4) is 0 Å². The van der Waals surface area contributed by atoms with Crippen molar-refractivity contribution in [2.24, 2.45) is 5.41 Å². The molecule has 0 aromatic heterocycles. The third-order valence-electron chi connectivity index (χ3n) is 3.35. The summed E-state index contributed by atoms with van der Waals surface area (Å²) in [6.45, 7) is 10.4. The minimum Gasteiger partial charge on any atom is -0.392 e. The Labute approximate surface area is 122 Å². The highest BCUT2D eigenvalue weighted by molar-refractivity contribution is 5.94. The molecular weight excluding hydrogens is 250 g/mol. The quantitative estimate of drug-likeness (QED) is 0.890.